The number of rotatable bonds is 3. The minimum absolute atomic E-state index is 0.0404. The van der Waals surface area contributed by atoms with Gasteiger partial charge in [0.05, 0.1) is 13.2 Å². The molecule has 0 aliphatic rings. The second-order valence-corrected chi connectivity index (χ2v) is 2.83. The highest BCUT2D eigenvalue weighted by atomic mass is 16.5. The summed E-state index contributed by atoms with van der Waals surface area (Å²) in [5, 5.41) is 9.14. The van der Waals surface area contributed by atoms with E-state index < -0.39 is 18.1 Å². The number of oxazole rings is 1. The molecule has 2 atom stereocenters. The van der Waals surface area contributed by atoms with Crippen molar-refractivity contribution in [2.45, 2.75) is 19.1 Å². The third kappa shape index (κ3) is 2.09. The van der Waals surface area contributed by atoms with Crippen LogP contribution < -0.4 is 5.73 Å². The van der Waals surface area contributed by atoms with E-state index in [0.29, 0.717) is 0 Å². The molecule has 1 heterocycles. The summed E-state index contributed by atoms with van der Waals surface area (Å²) in [7, 11) is 1.24. The minimum Gasteiger partial charge on any atom is -0.464 e. The third-order valence-electron chi connectivity index (χ3n) is 1.72. The van der Waals surface area contributed by atoms with Gasteiger partial charge in [-0.2, -0.15) is 0 Å². The number of carbonyl (C=O) groups is 1. The molecule has 0 saturated carbocycles. The number of nitrogens with two attached hydrogens (primary N) is 1. The lowest BCUT2D eigenvalue weighted by molar-refractivity contribution is 0.0593. The Morgan fingerprint density at radius 3 is 2.93 bits per heavy atom. The van der Waals surface area contributed by atoms with Gasteiger partial charge in [-0.05, 0) is 6.92 Å². The van der Waals surface area contributed by atoms with Crippen LogP contribution in [0.2, 0.25) is 0 Å². The van der Waals surface area contributed by atoms with Crippen LogP contribution in [0.3, 0.4) is 0 Å². The lowest BCUT2D eigenvalue weighted by Crippen LogP contribution is -2.23. The van der Waals surface area contributed by atoms with E-state index in [1.165, 1.54) is 14.0 Å². The van der Waals surface area contributed by atoms with E-state index in [1.807, 2.05) is 0 Å². The molecule has 6 nitrogen and oxygen atoms in total. The van der Waals surface area contributed by atoms with E-state index >= 15 is 0 Å². The van der Waals surface area contributed by atoms with Gasteiger partial charge >= 0.3 is 5.97 Å². The van der Waals surface area contributed by atoms with Crippen molar-refractivity contribution >= 4 is 5.97 Å². The van der Waals surface area contributed by atoms with Crippen molar-refractivity contribution in [3.63, 3.8) is 0 Å². The molecule has 0 aromatic carbocycles. The molecule has 1 rings (SSSR count). The Morgan fingerprint density at radius 2 is 2.43 bits per heavy atom. The Bertz CT molecular complexity index is 321. The summed E-state index contributed by atoms with van der Waals surface area (Å²) < 4.78 is 9.34. The number of esters is 1. The van der Waals surface area contributed by atoms with Crippen molar-refractivity contribution < 1.29 is 19.1 Å². The van der Waals surface area contributed by atoms with Crippen LogP contribution in [0.15, 0.2) is 10.7 Å². The normalized spacial score (nSPS) is 14.9. The molecule has 0 saturated heterocycles. The first-order valence-electron chi connectivity index (χ1n) is 4.03. The van der Waals surface area contributed by atoms with E-state index in [0.717, 1.165) is 6.26 Å². The van der Waals surface area contributed by atoms with Crippen LogP contribution in [-0.2, 0) is 4.74 Å². The number of methoxy groups -OCH3 is 1. The molecule has 1 aromatic rings. The molecule has 3 N–H and O–H groups in total. The first-order chi connectivity index (χ1) is 6.56. The molecule has 0 spiro atoms. The summed E-state index contributed by atoms with van der Waals surface area (Å²) in [6.45, 7) is 1.51. The second kappa shape index (κ2) is 4.21. The minimum atomic E-state index is -0.792. The van der Waals surface area contributed by atoms with Crippen molar-refractivity contribution in [3.05, 3.63) is 17.8 Å². The average molecular weight is 200 g/mol. The number of aliphatic hydroxyl groups is 1. The van der Waals surface area contributed by atoms with Gasteiger partial charge in [-0.3, -0.25) is 0 Å². The van der Waals surface area contributed by atoms with Crippen molar-refractivity contribution in [3.8, 4) is 0 Å². The summed E-state index contributed by atoms with van der Waals surface area (Å²) in [6, 6.07) is -0.742. The standard InChI is InChI=1S/C8H12N2O4/c1-4(11)6(9)7-10-5(3-14-7)8(12)13-2/h3-4,6,11H,9H2,1-2H3/t4-,6+/m1/s1. The summed E-state index contributed by atoms with van der Waals surface area (Å²) >= 11 is 0. The lowest BCUT2D eigenvalue weighted by atomic mass is 10.2. The Kier molecular flexibility index (Phi) is 3.21. The van der Waals surface area contributed by atoms with Crippen molar-refractivity contribution in [2.75, 3.05) is 7.11 Å². The second-order valence-electron chi connectivity index (χ2n) is 2.83. The summed E-state index contributed by atoms with van der Waals surface area (Å²) in [5.41, 5.74) is 5.57. The first kappa shape index (κ1) is 10.7. The third-order valence-corrected chi connectivity index (χ3v) is 1.72. The van der Waals surface area contributed by atoms with E-state index in [4.69, 9.17) is 15.3 Å². The lowest BCUT2D eigenvalue weighted by Gasteiger charge is -2.09. The van der Waals surface area contributed by atoms with Gasteiger partial charge in [0.1, 0.15) is 12.3 Å². The summed E-state index contributed by atoms with van der Waals surface area (Å²) in [6.07, 6.45) is 0.350. The van der Waals surface area contributed by atoms with Gasteiger partial charge in [0.25, 0.3) is 0 Å². The highest BCUT2D eigenvalue weighted by Gasteiger charge is 2.20. The predicted octanol–water partition coefficient (Wildman–Crippen LogP) is -0.158. The topological polar surface area (TPSA) is 98.6 Å². The smallest absolute Gasteiger partial charge is 0.360 e. The van der Waals surface area contributed by atoms with Gasteiger partial charge in [-0.15, -0.1) is 0 Å². The number of hydrogen-bond donors (Lipinski definition) is 2. The van der Waals surface area contributed by atoms with Crippen LogP contribution in [0, 0.1) is 0 Å². The van der Waals surface area contributed by atoms with Crippen molar-refractivity contribution in [1.82, 2.24) is 4.98 Å². The van der Waals surface area contributed by atoms with E-state index in [1.54, 1.807) is 0 Å². The molecule has 0 amide bonds. The molecule has 0 unspecified atom stereocenters. The Morgan fingerprint density at radius 1 is 1.79 bits per heavy atom. The number of aromatic nitrogens is 1. The van der Waals surface area contributed by atoms with Gasteiger partial charge in [-0.1, -0.05) is 0 Å². The van der Waals surface area contributed by atoms with Crippen LogP contribution >= 0.6 is 0 Å². The molecule has 1 aromatic heterocycles. The maximum absolute atomic E-state index is 11.0. The zero-order valence-corrected chi connectivity index (χ0v) is 7.93. The number of aliphatic hydroxyl groups excluding tert-OH is 1. The van der Waals surface area contributed by atoms with Gasteiger partial charge in [0.15, 0.2) is 5.69 Å². The molecule has 6 heteroatoms. The molecule has 0 aliphatic carbocycles. The highest BCUT2D eigenvalue weighted by Crippen LogP contribution is 2.13. The van der Waals surface area contributed by atoms with Crippen LogP contribution in [0.25, 0.3) is 0 Å². The fourth-order valence-corrected chi connectivity index (χ4v) is 0.845. The van der Waals surface area contributed by atoms with Crippen LogP contribution in [0.4, 0.5) is 0 Å². The van der Waals surface area contributed by atoms with E-state index in [9.17, 15) is 4.79 Å². The molecule has 78 valence electrons. The SMILES string of the molecule is COC(=O)c1coc([C@@H](N)[C@@H](C)O)n1. The molecule has 0 bridgehead atoms. The van der Waals surface area contributed by atoms with Gasteiger partial charge in [0.2, 0.25) is 5.89 Å². The number of nitrogens with zero attached hydrogens (tertiary/aromatic N) is 1. The molecule has 0 aliphatic heterocycles. The molecule has 0 fully saturated rings. The Hall–Kier alpha value is -1.40. The van der Waals surface area contributed by atoms with E-state index in [-0.39, 0.29) is 11.6 Å². The molecular weight excluding hydrogens is 188 g/mol. The quantitative estimate of drug-likeness (QED) is 0.658. The van der Waals surface area contributed by atoms with Gasteiger partial charge in [-0.25, -0.2) is 9.78 Å². The Balaban J connectivity index is 2.82. The van der Waals surface area contributed by atoms with Crippen molar-refractivity contribution in [2.24, 2.45) is 5.73 Å². The zero-order chi connectivity index (χ0) is 10.7. The fourth-order valence-electron chi connectivity index (χ4n) is 0.845. The maximum Gasteiger partial charge on any atom is 0.360 e. The number of carbonyl (C=O) groups excluding carboxylic acids is 1. The summed E-state index contributed by atoms with van der Waals surface area (Å²) in [5.74, 6) is -0.488. The maximum atomic E-state index is 11.0. The van der Waals surface area contributed by atoms with Crippen molar-refractivity contribution in [1.29, 1.82) is 0 Å². The van der Waals surface area contributed by atoms with Gasteiger partial charge in [0, 0.05) is 0 Å². The number of ether oxygens (including phenoxy) is 1. The first-order valence-corrected chi connectivity index (χ1v) is 4.03. The molecular formula is C8H12N2O4. The summed E-state index contributed by atoms with van der Waals surface area (Å²) in [4.78, 5) is 14.7. The monoisotopic (exact) mass is 200 g/mol. The predicted molar refractivity (Wildman–Crippen MR) is 46.5 cm³/mol. The van der Waals surface area contributed by atoms with Crippen LogP contribution in [0.5, 0.6) is 0 Å². The largest absolute Gasteiger partial charge is 0.464 e. The Labute approximate surface area is 80.7 Å². The molecule has 0 radical (unpaired) electrons. The fraction of sp³-hybridized carbons (Fsp3) is 0.500. The number of hydrogen-bond acceptors (Lipinski definition) is 6. The van der Waals surface area contributed by atoms with Crippen LogP contribution in [-0.4, -0.2) is 29.3 Å². The van der Waals surface area contributed by atoms with Crippen LogP contribution in [0.1, 0.15) is 29.3 Å². The highest BCUT2D eigenvalue weighted by molar-refractivity contribution is 5.86. The molecule has 14 heavy (non-hydrogen) atoms. The zero-order valence-electron chi connectivity index (χ0n) is 7.93. The van der Waals surface area contributed by atoms with Gasteiger partial charge < -0.3 is 20.0 Å². The average Bonchev–Trinajstić information content (AvgIpc) is 2.64. The van der Waals surface area contributed by atoms with E-state index in [2.05, 4.69) is 9.72 Å².